The number of rotatable bonds is 7. The Morgan fingerprint density at radius 2 is 1.87 bits per heavy atom. The number of nitrogens with two attached hydrogens (primary N) is 1. The van der Waals surface area contributed by atoms with Crippen LogP contribution in [0.2, 0.25) is 0 Å². The van der Waals surface area contributed by atoms with Crippen LogP contribution in [0.5, 0.6) is 5.75 Å². The Morgan fingerprint density at radius 3 is 2.55 bits per heavy atom. The van der Waals surface area contributed by atoms with E-state index in [2.05, 4.69) is 28.3 Å². The molecule has 2 amide bonds. The monoisotopic (exact) mass is 665 g/mol. The van der Waals surface area contributed by atoms with Crippen LogP contribution in [0.3, 0.4) is 0 Å². The van der Waals surface area contributed by atoms with E-state index in [1.54, 1.807) is 19.2 Å². The molecule has 1 aliphatic carbocycles. The summed E-state index contributed by atoms with van der Waals surface area (Å²) in [5.74, 6) is 0.133. The summed E-state index contributed by atoms with van der Waals surface area (Å²) in [6.45, 7) is 6.13. The average Bonchev–Trinajstić information content (AvgIpc) is 3.35. The molecule has 12 heteroatoms. The fourth-order valence-corrected chi connectivity index (χ4v) is 8.33. The molecule has 1 aromatic heterocycles. The number of carbonyl (C=O) groups is 2. The smallest absolute Gasteiger partial charge is 0.303 e. The van der Waals surface area contributed by atoms with E-state index in [-0.39, 0.29) is 23.4 Å². The lowest BCUT2D eigenvalue weighted by molar-refractivity contribution is -0.151. The van der Waals surface area contributed by atoms with Crippen LogP contribution in [0.4, 0.5) is 0 Å². The second kappa shape index (κ2) is 12.9. The lowest BCUT2D eigenvalue weighted by atomic mass is 9.72. The van der Waals surface area contributed by atoms with Gasteiger partial charge in [-0.1, -0.05) is 32.3 Å². The number of amides is 2. The van der Waals surface area contributed by atoms with Crippen LogP contribution in [-0.4, -0.2) is 87.6 Å². The van der Waals surface area contributed by atoms with Crippen molar-refractivity contribution in [3.8, 4) is 17.0 Å². The number of hydrogen-bond donors (Lipinski definition) is 2. The highest BCUT2D eigenvalue weighted by Gasteiger charge is 2.48. The van der Waals surface area contributed by atoms with Gasteiger partial charge in [0.1, 0.15) is 5.75 Å². The van der Waals surface area contributed by atoms with Gasteiger partial charge in [-0.3, -0.25) is 9.59 Å². The molecule has 2 aromatic carbocycles. The number of benzene rings is 2. The Labute approximate surface area is 277 Å². The standard InChI is InChI=1S/C35H47N5O6S/c1-22-29-18-26(45-5)12-14-27(29)32-31(23-9-7-6-8-10-23)28-13-11-24(33(41)37-47(43,44)38(3)4)17-30(28)40(32)21-35(22,2)34(42)39-15-16-46-20-25(39)19-36/h11-14,17-18,22-23,25H,6-10,15-16,19-21,36H2,1-5H3,(H,37,41)/t22?,25-,35?/m1/s1. The number of methoxy groups -OCH3 is 1. The minimum Gasteiger partial charge on any atom is -0.497 e. The van der Waals surface area contributed by atoms with Crippen molar-refractivity contribution < 1.29 is 27.5 Å². The molecule has 47 heavy (non-hydrogen) atoms. The van der Waals surface area contributed by atoms with Crippen LogP contribution >= 0.6 is 0 Å². The maximum atomic E-state index is 14.9. The fourth-order valence-electron chi connectivity index (χ4n) is 7.79. The van der Waals surface area contributed by atoms with Crippen LogP contribution in [0.1, 0.15) is 79.3 Å². The van der Waals surface area contributed by atoms with Crippen molar-refractivity contribution in [3.05, 3.63) is 53.1 Å². The number of nitrogens with zero attached hydrogens (tertiary/aromatic N) is 3. The molecule has 3 heterocycles. The first-order valence-corrected chi connectivity index (χ1v) is 18.0. The van der Waals surface area contributed by atoms with Crippen molar-refractivity contribution in [2.75, 3.05) is 47.5 Å². The third kappa shape index (κ3) is 5.83. The second-order valence-corrected chi connectivity index (χ2v) is 15.6. The zero-order valence-electron chi connectivity index (χ0n) is 28.0. The van der Waals surface area contributed by atoms with Crippen molar-refractivity contribution in [3.63, 3.8) is 0 Å². The SMILES string of the molecule is COc1ccc2c(c1)C(C)C(C)(C(=O)N1CCOC[C@H]1CN)Cn1c-2c(C2CCCCC2)c2ccc(C(=O)NS(=O)(=O)N(C)C)cc21. The van der Waals surface area contributed by atoms with Crippen LogP contribution in [0, 0.1) is 5.41 Å². The van der Waals surface area contributed by atoms with Gasteiger partial charge in [-0.25, -0.2) is 4.72 Å². The number of carbonyl (C=O) groups excluding carboxylic acids is 2. The average molecular weight is 666 g/mol. The highest BCUT2D eigenvalue weighted by molar-refractivity contribution is 7.87. The number of hydrogen-bond acceptors (Lipinski definition) is 7. The largest absolute Gasteiger partial charge is 0.497 e. The highest BCUT2D eigenvalue weighted by Crippen LogP contribution is 2.53. The van der Waals surface area contributed by atoms with Gasteiger partial charge in [0.2, 0.25) is 5.91 Å². The van der Waals surface area contributed by atoms with Crippen LogP contribution < -0.4 is 15.2 Å². The van der Waals surface area contributed by atoms with E-state index in [0.29, 0.717) is 38.8 Å². The highest BCUT2D eigenvalue weighted by atomic mass is 32.2. The number of nitrogens with one attached hydrogen (secondary N) is 1. The topological polar surface area (TPSA) is 136 Å². The molecule has 0 spiro atoms. The van der Waals surface area contributed by atoms with Gasteiger partial charge in [0, 0.05) is 55.8 Å². The Balaban J connectivity index is 1.61. The summed E-state index contributed by atoms with van der Waals surface area (Å²) in [6, 6.07) is 11.4. The lowest BCUT2D eigenvalue weighted by Crippen LogP contribution is -2.57. The van der Waals surface area contributed by atoms with Crippen molar-refractivity contribution in [2.24, 2.45) is 11.1 Å². The maximum absolute atomic E-state index is 14.9. The molecule has 3 aromatic rings. The Hall–Kier alpha value is -3.45. The number of morpholine rings is 1. The molecule has 2 fully saturated rings. The normalized spacial score (nSPS) is 23.7. The zero-order chi connectivity index (χ0) is 33.7. The first kappa shape index (κ1) is 33.5. The molecule has 1 saturated heterocycles. The first-order valence-electron chi connectivity index (χ1n) is 16.6. The minimum atomic E-state index is -3.99. The van der Waals surface area contributed by atoms with Gasteiger partial charge in [-0.05, 0) is 73.1 Å². The van der Waals surface area contributed by atoms with Gasteiger partial charge in [-0.15, -0.1) is 0 Å². The summed E-state index contributed by atoms with van der Waals surface area (Å²) < 4.78 is 41.9. The van der Waals surface area contributed by atoms with E-state index in [4.69, 9.17) is 15.2 Å². The van der Waals surface area contributed by atoms with Gasteiger partial charge < -0.3 is 24.7 Å². The van der Waals surface area contributed by atoms with Gasteiger partial charge in [-0.2, -0.15) is 12.7 Å². The van der Waals surface area contributed by atoms with Gasteiger partial charge >= 0.3 is 10.2 Å². The number of aromatic nitrogens is 1. The van der Waals surface area contributed by atoms with E-state index in [9.17, 15) is 18.0 Å². The Kier molecular flexibility index (Phi) is 9.16. The van der Waals surface area contributed by atoms with E-state index < -0.39 is 21.5 Å². The molecule has 6 rings (SSSR count). The summed E-state index contributed by atoms with van der Waals surface area (Å²) in [5.41, 5.74) is 10.7. The van der Waals surface area contributed by atoms with E-state index in [1.807, 2.05) is 24.0 Å². The van der Waals surface area contributed by atoms with Crippen LogP contribution in [-0.2, 0) is 26.3 Å². The molecule has 2 unspecified atom stereocenters. The molecule has 2 aliphatic heterocycles. The predicted octanol–water partition coefficient (Wildman–Crippen LogP) is 4.21. The third-order valence-corrected chi connectivity index (χ3v) is 12.2. The molecule has 1 saturated carbocycles. The number of ether oxygens (including phenoxy) is 2. The van der Waals surface area contributed by atoms with Crippen molar-refractivity contribution >= 4 is 32.9 Å². The minimum absolute atomic E-state index is 0.0115. The van der Waals surface area contributed by atoms with Crippen LogP contribution in [0.25, 0.3) is 22.2 Å². The Bertz CT molecular complexity index is 1800. The van der Waals surface area contributed by atoms with E-state index in [0.717, 1.165) is 63.5 Å². The van der Waals surface area contributed by atoms with E-state index >= 15 is 0 Å². The Morgan fingerprint density at radius 1 is 1.13 bits per heavy atom. The quantitative estimate of drug-likeness (QED) is 0.386. The summed E-state index contributed by atoms with van der Waals surface area (Å²) in [5, 5.41) is 1.02. The zero-order valence-corrected chi connectivity index (χ0v) is 28.9. The lowest BCUT2D eigenvalue weighted by Gasteiger charge is -2.43. The molecule has 3 atom stereocenters. The third-order valence-electron chi connectivity index (χ3n) is 10.8. The van der Waals surface area contributed by atoms with Crippen LogP contribution in [0.15, 0.2) is 36.4 Å². The molecule has 3 aliphatic rings. The van der Waals surface area contributed by atoms with Gasteiger partial charge in [0.05, 0.1) is 37.5 Å². The second-order valence-electron chi connectivity index (χ2n) is 13.7. The summed E-state index contributed by atoms with van der Waals surface area (Å²) >= 11 is 0. The molecule has 3 N–H and O–H groups in total. The van der Waals surface area contributed by atoms with Crippen molar-refractivity contribution in [1.82, 2.24) is 18.5 Å². The first-order chi connectivity index (χ1) is 22.4. The molecular weight excluding hydrogens is 618 g/mol. The summed E-state index contributed by atoms with van der Waals surface area (Å²) in [4.78, 5) is 30.1. The van der Waals surface area contributed by atoms with E-state index in [1.165, 1.54) is 26.1 Å². The van der Waals surface area contributed by atoms with Crippen molar-refractivity contribution in [2.45, 2.75) is 70.4 Å². The number of fused-ring (bicyclic) bond motifs is 5. The fraction of sp³-hybridized carbons (Fsp3) is 0.543. The molecule has 254 valence electrons. The van der Waals surface area contributed by atoms with Gasteiger partial charge in [0.25, 0.3) is 5.91 Å². The molecular formula is C35H47N5O6S. The summed E-state index contributed by atoms with van der Waals surface area (Å²) in [6.07, 6.45) is 5.59. The molecule has 0 radical (unpaired) electrons. The molecule has 11 nitrogen and oxygen atoms in total. The van der Waals surface area contributed by atoms with Crippen molar-refractivity contribution in [1.29, 1.82) is 0 Å². The molecule has 0 bridgehead atoms. The predicted molar refractivity (Wildman–Crippen MR) is 182 cm³/mol. The van der Waals surface area contributed by atoms with Gasteiger partial charge in [0.15, 0.2) is 0 Å². The maximum Gasteiger partial charge on any atom is 0.303 e. The summed E-state index contributed by atoms with van der Waals surface area (Å²) in [7, 11) is 0.405.